The minimum Gasteiger partial charge on any atom is -0.290 e. The Morgan fingerprint density at radius 2 is 1.26 bits per heavy atom. The summed E-state index contributed by atoms with van der Waals surface area (Å²) >= 11 is 0. The summed E-state index contributed by atoms with van der Waals surface area (Å²) in [7, 11) is -3.31. The van der Waals surface area contributed by atoms with E-state index in [-0.39, 0.29) is 11.3 Å². The Morgan fingerprint density at radius 1 is 0.778 bits per heavy atom. The molecular formula is C23H23NO2S. The van der Waals surface area contributed by atoms with E-state index >= 15 is 0 Å². The van der Waals surface area contributed by atoms with E-state index in [2.05, 4.69) is 29.2 Å². The molecule has 0 atom stereocenters. The summed E-state index contributed by atoms with van der Waals surface area (Å²) in [6, 6.07) is 27.9. The first-order valence-corrected chi connectivity index (χ1v) is 10.8. The largest absolute Gasteiger partial charge is 0.290 e. The van der Waals surface area contributed by atoms with E-state index in [0.717, 1.165) is 5.56 Å². The zero-order valence-electron chi connectivity index (χ0n) is 15.3. The van der Waals surface area contributed by atoms with Crippen molar-refractivity contribution in [2.45, 2.75) is 23.1 Å². The molecule has 0 aromatic heterocycles. The van der Waals surface area contributed by atoms with Gasteiger partial charge >= 0.3 is 0 Å². The topological polar surface area (TPSA) is 37.4 Å². The van der Waals surface area contributed by atoms with Gasteiger partial charge in [0.25, 0.3) is 0 Å². The van der Waals surface area contributed by atoms with Gasteiger partial charge in [-0.3, -0.25) is 4.90 Å². The number of hydrogen-bond acceptors (Lipinski definition) is 3. The van der Waals surface area contributed by atoms with Crippen LogP contribution in [0.4, 0.5) is 0 Å². The highest BCUT2D eigenvalue weighted by Crippen LogP contribution is 2.35. The van der Waals surface area contributed by atoms with Gasteiger partial charge in [-0.1, -0.05) is 78.9 Å². The van der Waals surface area contributed by atoms with Gasteiger partial charge in [0.2, 0.25) is 0 Å². The zero-order chi connectivity index (χ0) is 18.9. The van der Waals surface area contributed by atoms with Crippen LogP contribution in [-0.2, 0) is 9.84 Å². The van der Waals surface area contributed by atoms with Crippen molar-refractivity contribution in [1.29, 1.82) is 0 Å². The Bertz CT molecular complexity index is 971. The third-order valence-electron chi connectivity index (χ3n) is 5.31. The average Bonchev–Trinajstić information content (AvgIpc) is 2.65. The van der Waals surface area contributed by atoms with Crippen molar-refractivity contribution in [3.63, 3.8) is 0 Å². The molecule has 3 aromatic rings. The molecule has 1 aliphatic rings. The lowest BCUT2D eigenvalue weighted by atomic mass is 9.94. The fourth-order valence-electron chi connectivity index (χ4n) is 3.82. The molecule has 0 radical (unpaired) electrons. The van der Waals surface area contributed by atoms with Crippen LogP contribution in [0.25, 0.3) is 0 Å². The summed E-state index contributed by atoms with van der Waals surface area (Å²) in [5.41, 5.74) is 3.20. The SMILES string of the molecule is Cc1ccccc1S(=O)(=O)C1CN(C(c2ccccc2)c2ccccc2)C1. The molecule has 0 amide bonds. The lowest BCUT2D eigenvalue weighted by Crippen LogP contribution is -2.55. The summed E-state index contributed by atoms with van der Waals surface area (Å²) < 4.78 is 26.1. The fourth-order valence-corrected chi connectivity index (χ4v) is 5.74. The van der Waals surface area contributed by atoms with Gasteiger partial charge in [0.1, 0.15) is 0 Å². The number of rotatable bonds is 5. The van der Waals surface area contributed by atoms with Gasteiger partial charge < -0.3 is 0 Å². The molecule has 3 aromatic carbocycles. The Balaban J connectivity index is 1.60. The van der Waals surface area contributed by atoms with E-state index in [9.17, 15) is 8.42 Å². The molecule has 0 unspecified atom stereocenters. The fraction of sp³-hybridized carbons (Fsp3) is 0.217. The van der Waals surface area contributed by atoms with Crippen LogP contribution in [-0.4, -0.2) is 31.7 Å². The maximum atomic E-state index is 13.0. The van der Waals surface area contributed by atoms with Crippen LogP contribution >= 0.6 is 0 Å². The van der Waals surface area contributed by atoms with Crippen molar-refractivity contribution < 1.29 is 8.42 Å². The van der Waals surface area contributed by atoms with E-state index in [1.807, 2.05) is 55.5 Å². The summed E-state index contributed by atoms with van der Waals surface area (Å²) in [5, 5.41) is -0.353. The molecule has 138 valence electrons. The number of hydrogen-bond donors (Lipinski definition) is 0. The molecule has 1 heterocycles. The molecule has 0 saturated carbocycles. The van der Waals surface area contributed by atoms with Gasteiger partial charge in [0, 0.05) is 13.1 Å². The lowest BCUT2D eigenvalue weighted by Gasteiger charge is -2.44. The van der Waals surface area contributed by atoms with E-state index in [0.29, 0.717) is 18.0 Å². The normalized spacial score (nSPS) is 15.6. The maximum Gasteiger partial charge on any atom is 0.184 e. The number of nitrogens with zero attached hydrogens (tertiary/aromatic N) is 1. The van der Waals surface area contributed by atoms with Crippen molar-refractivity contribution >= 4 is 9.84 Å². The molecular weight excluding hydrogens is 354 g/mol. The van der Waals surface area contributed by atoms with Crippen LogP contribution in [0.15, 0.2) is 89.8 Å². The molecule has 1 aliphatic heterocycles. The van der Waals surface area contributed by atoms with Crippen LogP contribution in [0.5, 0.6) is 0 Å². The van der Waals surface area contributed by atoms with Gasteiger partial charge in [-0.2, -0.15) is 0 Å². The first kappa shape index (κ1) is 18.0. The molecule has 0 N–H and O–H groups in total. The Kier molecular flexibility index (Phi) is 4.85. The van der Waals surface area contributed by atoms with Crippen LogP contribution < -0.4 is 0 Å². The molecule has 4 rings (SSSR count). The monoisotopic (exact) mass is 377 g/mol. The zero-order valence-corrected chi connectivity index (χ0v) is 16.1. The van der Waals surface area contributed by atoms with E-state index in [4.69, 9.17) is 0 Å². The van der Waals surface area contributed by atoms with Crippen LogP contribution in [0.1, 0.15) is 22.7 Å². The van der Waals surface area contributed by atoms with Crippen molar-refractivity contribution in [1.82, 2.24) is 4.90 Å². The minimum atomic E-state index is -3.31. The Hall–Kier alpha value is -2.43. The number of likely N-dealkylation sites (tertiary alicyclic amines) is 1. The van der Waals surface area contributed by atoms with Crippen molar-refractivity contribution in [2.75, 3.05) is 13.1 Å². The van der Waals surface area contributed by atoms with Crippen LogP contribution in [0.3, 0.4) is 0 Å². The highest BCUT2D eigenvalue weighted by molar-refractivity contribution is 7.92. The van der Waals surface area contributed by atoms with Crippen molar-refractivity contribution in [3.05, 3.63) is 102 Å². The predicted octanol–water partition coefficient (Wildman–Crippen LogP) is 4.24. The second kappa shape index (κ2) is 7.29. The highest BCUT2D eigenvalue weighted by atomic mass is 32.2. The smallest absolute Gasteiger partial charge is 0.184 e. The molecule has 0 aliphatic carbocycles. The third kappa shape index (κ3) is 3.43. The first-order valence-electron chi connectivity index (χ1n) is 9.21. The summed E-state index contributed by atoms with van der Waals surface area (Å²) in [5.74, 6) is 0. The number of benzene rings is 3. The quantitative estimate of drug-likeness (QED) is 0.667. The standard InChI is InChI=1S/C23H23NO2S/c1-18-10-8-9-15-22(18)27(25,26)21-16-24(17-21)23(19-11-4-2-5-12-19)20-13-6-3-7-14-20/h2-15,21,23H,16-17H2,1H3. The molecule has 27 heavy (non-hydrogen) atoms. The van der Waals surface area contributed by atoms with Gasteiger partial charge in [0.05, 0.1) is 16.2 Å². The second-order valence-corrected chi connectivity index (χ2v) is 9.31. The van der Waals surface area contributed by atoms with E-state index < -0.39 is 9.84 Å². The molecule has 0 bridgehead atoms. The molecule has 1 fully saturated rings. The van der Waals surface area contributed by atoms with Gasteiger partial charge in [-0.05, 0) is 29.7 Å². The summed E-state index contributed by atoms with van der Waals surface area (Å²) in [4.78, 5) is 2.72. The van der Waals surface area contributed by atoms with Crippen LogP contribution in [0, 0.1) is 6.92 Å². The maximum absolute atomic E-state index is 13.0. The minimum absolute atomic E-state index is 0.0794. The lowest BCUT2D eigenvalue weighted by molar-refractivity contribution is 0.144. The molecule has 0 spiro atoms. The first-order chi connectivity index (χ1) is 13.1. The predicted molar refractivity (Wildman–Crippen MR) is 108 cm³/mol. The second-order valence-electron chi connectivity index (χ2n) is 7.11. The summed E-state index contributed by atoms with van der Waals surface area (Å²) in [6.07, 6.45) is 0. The van der Waals surface area contributed by atoms with Crippen molar-refractivity contribution in [3.8, 4) is 0 Å². The number of aryl methyl sites for hydroxylation is 1. The summed E-state index contributed by atoms with van der Waals surface area (Å²) in [6.45, 7) is 2.95. The highest BCUT2D eigenvalue weighted by Gasteiger charge is 2.42. The van der Waals surface area contributed by atoms with E-state index in [1.54, 1.807) is 12.1 Å². The van der Waals surface area contributed by atoms with Gasteiger partial charge in [-0.25, -0.2) is 8.42 Å². The molecule has 1 saturated heterocycles. The third-order valence-corrected chi connectivity index (χ3v) is 7.56. The molecule has 4 heteroatoms. The Labute approximate surface area is 161 Å². The Morgan fingerprint density at radius 3 is 1.78 bits per heavy atom. The van der Waals surface area contributed by atoms with Gasteiger partial charge in [-0.15, -0.1) is 0 Å². The number of sulfone groups is 1. The average molecular weight is 378 g/mol. The van der Waals surface area contributed by atoms with Crippen LogP contribution in [0.2, 0.25) is 0 Å². The van der Waals surface area contributed by atoms with E-state index in [1.165, 1.54) is 11.1 Å². The van der Waals surface area contributed by atoms with Crippen molar-refractivity contribution in [2.24, 2.45) is 0 Å². The molecule has 3 nitrogen and oxygen atoms in total. The van der Waals surface area contributed by atoms with Gasteiger partial charge in [0.15, 0.2) is 9.84 Å².